The SMILES string of the molecule is C=C1NC(=O)C2CSC(=N2)c2csc(n2)-c2ccc3c(n2)C(C)NC(=O)C2CCCN2C(=O)C(=CC)NC(=O)CNC(=O)C(CCCNC(=N)N)NC(=O)C(C)(NC(=O)C(=CC)NC(=O)C2CSC(=N2)C(CC(N)=O)NC3=O)SCC(C(=O)O)NC(=O)C2CSC(=N2)c2csc(n2)-c2csc1n2. The molecule has 538 valence electrons. The molecule has 0 spiro atoms. The van der Waals surface area contributed by atoms with Gasteiger partial charge in [0, 0.05) is 52.2 Å². The molecular weight excluding hydrogens is 1460 g/mol. The number of thiazole rings is 3. The molecule has 9 unspecified atom stereocenters. The van der Waals surface area contributed by atoms with Gasteiger partial charge in [0.25, 0.3) is 23.6 Å². The first-order chi connectivity index (χ1) is 48.7. The first kappa shape index (κ1) is 75.2. The maximum absolute atomic E-state index is 15.0. The number of thioether (sulfide) groups is 4. The van der Waals surface area contributed by atoms with Crippen LogP contribution in [0.4, 0.5) is 0 Å². The average molecular weight is 1530 g/mol. The normalized spacial score (nSPS) is 26.1. The smallest absolute Gasteiger partial charge is 0.327 e. The zero-order valence-electron chi connectivity index (χ0n) is 54.8. The molecule has 0 saturated carbocycles. The summed E-state index contributed by atoms with van der Waals surface area (Å²) in [6, 6.07) is -7.15. The summed E-state index contributed by atoms with van der Waals surface area (Å²) >= 11 is 7.63. The molecule has 7 aliphatic heterocycles. The second-order valence-corrected chi connectivity index (χ2v) is 30.5. The number of pyridine rings is 1. The highest BCUT2D eigenvalue weighted by Gasteiger charge is 2.43. The summed E-state index contributed by atoms with van der Waals surface area (Å²) in [5.74, 6) is -11.8. The number of allylic oxidation sites excluding steroid dienone is 2. The predicted octanol–water partition coefficient (Wildman–Crippen LogP) is 0.0186. The van der Waals surface area contributed by atoms with Gasteiger partial charge in [-0.25, -0.2) is 24.7 Å². The number of nitrogens with one attached hydrogen (secondary N) is 11. The van der Waals surface area contributed by atoms with Crippen molar-refractivity contribution >= 4 is 179 Å². The van der Waals surface area contributed by atoms with Crippen LogP contribution < -0.4 is 64.6 Å². The van der Waals surface area contributed by atoms with Gasteiger partial charge in [-0.15, -0.1) is 81.1 Å². The lowest BCUT2D eigenvalue weighted by molar-refractivity contribution is -0.141. The predicted molar refractivity (Wildman–Crippen MR) is 388 cm³/mol. The maximum atomic E-state index is 15.0. The summed E-state index contributed by atoms with van der Waals surface area (Å²) in [5, 5.41) is 51.8. The molecule has 0 aromatic carbocycles. The molecule has 16 N–H and O–H groups in total. The van der Waals surface area contributed by atoms with Gasteiger partial charge in [-0.1, -0.05) is 18.7 Å². The minimum Gasteiger partial charge on any atom is -0.480 e. The van der Waals surface area contributed by atoms with E-state index in [4.69, 9.17) is 36.8 Å². The number of aromatic nitrogens is 4. The van der Waals surface area contributed by atoms with Crippen molar-refractivity contribution in [2.75, 3.05) is 42.6 Å². The number of amides is 11. The van der Waals surface area contributed by atoms with Crippen LogP contribution in [0.1, 0.15) is 98.3 Å². The van der Waals surface area contributed by atoms with Crippen LogP contribution >= 0.6 is 81.1 Å². The zero-order chi connectivity index (χ0) is 73.3. The number of guanidine groups is 1. The highest BCUT2D eigenvalue weighted by molar-refractivity contribution is 8.15. The van der Waals surface area contributed by atoms with Crippen LogP contribution in [0.15, 0.2) is 73.4 Å². The summed E-state index contributed by atoms with van der Waals surface area (Å²) in [6.07, 6.45) is 2.32. The Morgan fingerprint density at radius 1 is 0.716 bits per heavy atom. The molecule has 11 rings (SSSR count). The molecule has 7 aliphatic rings. The number of hydrogen-bond donors (Lipinski definition) is 14. The molecule has 102 heavy (non-hydrogen) atoms. The van der Waals surface area contributed by atoms with Gasteiger partial charge in [0.05, 0.1) is 52.7 Å². The molecule has 4 aromatic rings. The van der Waals surface area contributed by atoms with Crippen molar-refractivity contribution in [3.63, 3.8) is 0 Å². The third kappa shape index (κ3) is 18.1. The monoisotopic (exact) mass is 1530 g/mol. The van der Waals surface area contributed by atoms with E-state index in [0.717, 1.165) is 11.8 Å². The third-order valence-corrected chi connectivity index (χ3v) is 23.4. The van der Waals surface area contributed by atoms with Gasteiger partial charge in [-0.2, -0.15) is 0 Å². The van der Waals surface area contributed by atoms with Gasteiger partial charge < -0.3 is 74.6 Å². The van der Waals surface area contributed by atoms with E-state index in [2.05, 4.69) is 74.7 Å². The van der Waals surface area contributed by atoms with Crippen molar-refractivity contribution in [2.24, 2.45) is 26.4 Å². The number of primary amides is 1. The fourth-order valence-corrected chi connectivity index (χ4v) is 17.5. The fraction of sp³-hybridized carbons (Fsp3) is 0.410. The molecule has 0 aliphatic carbocycles. The van der Waals surface area contributed by atoms with Crippen LogP contribution in [0.2, 0.25) is 0 Å². The van der Waals surface area contributed by atoms with E-state index in [9.17, 15) is 57.8 Å². The van der Waals surface area contributed by atoms with Crippen molar-refractivity contribution in [3.05, 3.63) is 86.1 Å². The minimum atomic E-state index is -2.31. The molecule has 34 nitrogen and oxygen atoms in total. The van der Waals surface area contributed by atoms with E-state index < -0.39 is 155 Å². The summed E-state index contributed by atoms with van der Waals surface area (Å²) < 4.78 is 0. The molecule has 4 aromatic heterocycles. The molecule has 1 saturated heterocycles. The van der Waals surface area contributed by atoms with Crippen LogP contribution in [0.5, 0.6) is 0 Å². The number of carbonyl (C=O) groups is 12. The van der Waals surface area contributed by atoms with Crippen molar-refractivity contribution in [1.82, 2.24) is 78.0 Å². The van der Waals surface area contributed by atoms with Gasteiger partial charge in [-0.3, -0.25) is 73.1 Å². The van der Waals surface area contributed by atoms with Crippen LogP contribution in [-0.4, -0.2) is 212 Å². The van der Waals surface area contributed by atoms with Crippen molar-refractivity contribution in [3.8, 4) is 21.4 Å². The Morgan fingerprint density at radius 3 is 2.01 bits per heavy atom. The van der Waals surface area contributed by atoms with Crippen molar-refractivity contribution in [2.45, 2.75) is 113 Å². The number of aliphatic carboxylic acids is 1. The van der Waals surface area contributed by atoms with E-state index in [1.807, 2.05) is 0 Å². The zero-order valence-corrected chi connectivity index (χ0v) is 60.5. The summed E-state index contributed by atoms with van der Waals surface area (Å²) in [7, 11) is 0. The molecule has 11 heterocycles. The number of carbonyl (C=O) groups excluding carboxylic acids is 11. The second kappa shape index (κ2) is 33.1. The Kier molecular flexibility index (Phi) is 24.4. The molecule has 16 bridgehead atoms. The lowest BCUT2D eigenvalue weighted by atomic mass is 10.0. The van der Waals surface area contributed by atoms with E-state index >= 15 is 4.79 Å². The Labute approximate surface area is 610 Å². The number of nitrogens with zero attached hydrogens (tertiary/aromatic N) is 8. The van der Waals surface area contributed by atoms with Gasteiger partial charge in [0.2, 0.25) is 41.4 Å². The topological polar surface area (TPSA) is 513 Å². The van der Waals surface area contributed by atoms with E-state index in [1.165, 1.54) is 107 Å². The first-order valence-corrected chi connectivity index (χ1v) is 38.1. The molecule has 41 heteroatoms. The highest BCUT2D eigenvalue weighted by Crippen LogP contribution is 2.35. The molecule has 0 radical (unpaired) electrons. The Balaban J connectivity index is 1.05. The number of carboxylic acids is 1. The lowest BCUT2D eigenvalue weighted by Crippen LogP contribution is -2.60. The number of fused-ring (bicyclic) bond motifs is 8. The molecule has 9 atom stereocenters. The number of carboxylic acid groups (broad SMARTS) is 1. The number of rotatable bonds is 7. The fourth-order valence-electron chi connectivity index (χ4n) is 10.8. The van der Waals surface area contributed by atoms with E-state index in [-0.39, 0.29) is 83.0 Å². The standard InChI is InChI=1S/C61H69N21O13S7/c1-6-28-49(90)81-61(5)59(95)80-30(10-8-14-65-60(63)64)45(86)66-17-42(84)69-29(7-2)57(92)82-15-9-11-40(82)50(91)67-25(3)43-27(44(85)72-32(16-41(62)83)53-74-34(19-97-53)47(88)71-28)12-13-31(70-43)52-78-37(22-100-52)54-75-33(18-98-54)46(87)68-26(4)51-77-36(21-96-51)56-79-38(23-101-56)55-76-35(20-99-55)48(89)73-39(24-102-61)58(93)94/h6-7,12-13,21-23,25,30,32-35,39-40H,4,8-11,14-20,24H2,1-3,5H3,(H2,62,83)(H,66,86)(H,67,91)(H,68,87)(H,69,84)(H,71,88)(H,72,85)(H,73,89)(H,80,95)(H,81,90)(H,93,94)(H4,63,64,65). The van der Waals surface area contributed by atoms with Crippen molar-refractivity contribution in [1.29, 1.82) is 5.41 Å². The largest absolute Gasteiger partial charge is 0.480 e. The minimum absolute atomic E-state index is 0.000233. The van der Waals surface area contributed by atoms with E-state index in [1.54, 1.807) is 23.1 Å². The quantitative estimate of drug-likeness (QED) is 0.0502. The third-order valence-electron chi connectivity index (χ3n) is 16.1. The Hall–Kier alpha value is -9.42. The van der Waals surface area contributed by atoms with Gasteiger partial charge in [0.1, 0.15) is 89.8 Å². The van der Waals surface area contributed by atoms with Crippen LogP contribution in [0.3, 0.4) is 0 Å². The highest BCUT2D eigenvalue weighted by atomic mass is 32.2. The average Bonchev–Trinajstić information content (AvgIpc) is 1.71. The maximum Gasteiger partial charge on any atom is 0.327 e. The van der Waals surface area contributed by atoms with Crippen molar-refractivity contribution < 1.29 is 62.6 Å². The summed E-state index contributed by atoms with van der Waals surface area (Å²) in [6.45, 7) is 8.94. The van der Waals surface area contributed by atoms with E-state index in [0.29, 0.717) is 60.4 Å². The van der Waals surface area contributed by atoms with Crippen LogP contribution in [0, 0.1) is 5.41 Å². The molecule has 11 amide bonds. The first-order valence-electron chi connectivity index (χ1n) is 31.5. The van der Waals surface area contributed by atoms with Crippen LogP contribution in [0.25, 0.3) is 27.1 Å². The number of aliphatic imine (C=N–C) groups is 3. The summed E-state index contributed by atoms with van der Waals surface area (Å²) in [5.41, 5.74) is 12.2. The second-order valence-electron chi connectivity index (χ2n) is 23.5. The van der Waals surface area contributed by atoms with Crippen LogP contribution in [-0.2, 0) is 52.7 Å². The van der Waals surface area contributed by atoms with Gasteiger partial charge >= 0.3 is 5.97 Å². The molecular formula is C61H69N21O13S7. The lowest BCUT2D eigenvalue weighted by Gasteiger charge is -2.32. The molecule has 1 fully saturated rings. The summed E-state index contributed by atoms with van der Waals surface area (Å²) in [4.78, 5) is 201. The number of hydrogen-bond acceptors (Lipinski definition) is 27. The Bertz CT molecular complexity index is 4280. The van der Waals surface area contributed by atoms with Gasteiger partial charge in [-0.05, 0) is 65.5 Å². The Morgan fingerprint density at radius 2 is 1.34 bits per heavy atom. The van der Waals surface area contributed by atoms with Gasteiger partial charge in [0.15, 0.2) is 10.8 Å². The number of nitrogens with two attached hydrogens (primary N) is 2.